The van der Waals surface area contributed by atoms with E-state index in [1.54, 1.807) is 16.7 Å². The van der Waals surface area contributed by atoms with Gasteiger partial charge in [0.1, 0.15) is 12.0 Å². The quantitative estimate of drug-likeness (QED) is 0.373. The number of carbonyl (C=O) groups is 1. The molecule has 0 saturated carbocycles. The molecule has 1 aliphatic heterocycles. The Morgan fingerprint density at radius 3 is 2.17 bits per heavy atom. The summed E-state index contributed by atoms with van der Waals surface area (Å²) in [4.78, 5) is 22.5. The first-order valence-corrected chi connectivity index (χ1v) is 16.1. The SMILES string of the molecule is CCS(=O)(=O)N1CCN(C(=O)N(C[C@H](F)CN)[C@@H](c2nc(-c3ccccc3)cn2Cc2ccccc2)C(C)(C)C)CC1. The summed E-state index contributed by atoms with van der Waals surface area (Å²) in [7, 11) is -3.36. The van der Waals surface area contributed by atoms with Gasteiger partial charge in [-0.05, 0) is 17.9 Å². The van der Waals surface area contributed by atoms with E-state index in [1.807, 2.05) is 87.6 Å². The van der Waals surface area contributed by atoms with Crippen LogP contribution in [0.25, 0.3) is 11.3 Å². The molecule has 1 aliphatic rings. The average Bonchev–Trinajstić information content (AvgIpc) is 3.39. The molecule has 2 N–H and O–H groups in total. The van der Waals surface area contributed by atoms with Crippen LogP contribution in [0.2, 0.25) is 0 Å². The average molecular weight is 599 g/mol. The van der Waals surface area contributed by atoms with Crippen LogP contribution in [0, 0.1) is 5.41 Å². The van der Waals surface area contributed by atoms with Gasteiger partial charge in [0.15, 0.2) is 0 Å². The van der Waals surface area contributed by atoms with E-state index >= 15 is 4.39 Å². The number of sulfonamides is 1. The fourth-order valence-corrected chi connectivity index (χ4v) is 6.49. The summed E-state index contributed by atoms with van der Waals surface area (Å²) in [6, 6.07) is 18.9. The zero-order valence-corrected chi connectivity index (χ0v) is 25.8. The van der Waals surface area contributed by atoms with Gasteiger partial charge in [-0.1, -0.05) is 81.4 Å². The van der Waals surface area contributed by atoms with Crippen LogP contribution in [0.3, 0.4) is 0 Å². The number of aromatic nitrogens is 2. The van der Waals surface area contributed by atoms with Gasteiger partial charge in [0.2, 0.25) is 10.0 Å². The number of carbonyl (C=O) groups excluding carboxylic acids is 1. The number of alkyl halides is 1. The molecule has 0 aliphatic carbocycles. The summed E-state index contributed by atoms with van der Waals surface area (Å²) < 4.78 is 43.4. The number of amides is 2. The van der Waals surface area contributed by atoms with Crippen molar-refractivity contribution in [3.8, 4) is 11.3 Å². The van der Waals surface area contributed by atoms with Crippen LogP contribution in [-0.4, -0.2) is 89.3 Å². The third-order valence-corrected chi connectivity index (χ3v) is 9.49. The number of rotatable bonds is 10. The molecule has 2 aromatic carbocycles. The Balaban J connectivity index is 1.77. The van der Waals surface area contributed by atoms with E-state index in [-0.39, 0.29) is 51.1 Å². The van der Waals surface area contributed by atoms with E-state index in [2.05, 4.69) is 4.57 Å². The fraction of sp³-hybridized carbons (Fsp3) is 0.484. The predicted molar refractivity (Wildman–Crippen MR) is 164 cm³/mol. The summed E-state index contributed by atoms with van der Waals surface area (Å²) in [6.07, 6.45) is 0.551. The summed E-state index contributed by atoms with van der Waals surface area (Å²) in [5.41, 5.74) is 7.95. The van der Waals surface area contributed by atoms with Crippen LogP contribution in [0.4, 0.5) is 9.18 Å². The highest BCUT2D eigenvalue weighted by atomic mass is 32.2. The summed E-state index contributed by atoms with van der Waals surface area (Å²) in [5, 5.41) is 0. The highest BCUT2D eigenvalue weighted by Gasteiger charge is 2.41. The Morgan fingerprint density at radius 2 is 1.62 bits per heavy atom. The monoisotopic (exact) mass is 598 g/mol. The number of urea groups is 1. The Kier molecular flexibility index (Phi) is 10.1. The molecule has 2 atom stereocenters. The van der Waals surface area contributed by atoms with Gasteiger partial charge in [-0.25, -0.2) is 22.6 Å². The van der Waals surface area contributed by atoms with Crippen LogP contribution < -0.4 is 5.73 Å². The molecule has 0 unspecified atom stereocenters. The van der Waals surface area contributed by atoms with Crippen molar-refractivity contribution in [3.05, 3.63) is 78.2 Å². The van der Waals surface area contributed by atoms with E-state index in [0.29, 0.717) is 12.4 Å². The number of nitrogens with zero attached hydrogens (tertiary/aromatic N) is 5. The van der Waals surface area contributed by atoms with Gasteiger partial charge < -0.3 is 20.1 Å². The lowest BCUT2D eigenvalue weighted by atomic mass is 9.84. The first-order valence-electron chi connectivity index (χ1n) is 14.5. The Bertz CT molecular complexity index is 1420. The maximum atomic E-state index is 15.1. The Hall–Kier alpha value is -3.28. The highest BCUT2D eigenvalue weighted by molar-refractivity contribution is 7.89. The van der Waals surface area contributed by atoms with Gasteiger partial charge in [0.25, 0.3) is 0 Å². The van der Waals surface area contributed by atoms with E-state index in [1.165, 1.54) is 4.31 Å². The summed E-state index contributed by atoms with van der Waals surface area (Å²) in [5.74, 6) is 0.655. The summed E-state index contributed by atoms with van der Waals surface area (Å²) in [6.45, 7) is 8.60. The van der Waals surface area contributed by atoms with Gasteiger partial charge in [-0.2, -0.15) is 4.31 Å². The molecular weight excluding hydrogens is 555 g/mol. The molecule has 2 amide bonds. The number of imidazole rings is 1. The molecule has 228 valence electrons. The number of halogens is 1. The maximum Gasteiger partial charge on any atom is 0.320 e. The van der Waals surface area contributed by atoms with E-state index < -0.39 is 27.7 Å². The van der Waals surface area contributed by atoms with Crippen LogP contribution in [0.5, 0.6) is 0 Å². The first-order chi connectivity index (χ1) is 19.9. The minimum atomic E-state index is -3.36. The van der Waals surface area contributed by atoms with Crippen molar-refractivity contribution in [2.75, 3.05) is 45.0 Å². The highest BCUT2D eigenvalue weighted by Crippen LogP contribution is 2.40. The molecule has 11 heteroatoms. The predicted octanol–water partition coefficient (Wildman–Crippen LogP) is 4.37. The number of piperazine rings is 1. The molecule has 3 aromatic rings. The lowest BCUT2D eigenvalue weighted by Gasteiger charge is -2.44. The van der Waals surface area contributed by atoms with Crippen LogP contribution >= 0.6 is 0 Å². The molecule has 9 nitrogen and oxygen atoms in total. The molecular formula is C31H43FN6O3S. The van der Waals surface area contributed by atoms with Crippen molar-refractivity contribution >= 4 is 16.1 Å². The molecule has 0 bridgehead atoms. The van der Waals surface area contributed by atoms with Gasteiger partial charge in [-0.15, -0.1) is 0 Å². The standard InChI is InChI=1S/C31H43FN6O3S/c1-5-42(40,41)37-18-16-35(17-19-37)30(39)38(22-26(32)20-33)28(31(2,3)4)29-34-27(25-14-10-7-11-15-25)23-36(29)21-24-12-8-6-9-13-24/h6-15,23,26,28H,5,16-22,33H2,1-4H3/t26-,28+/m1/s1. The summed E-state index contributed by atoms with van der Waals surface area (Å²) >= 11 is 0. The van der Waals surface area contributed by atoms with E-state index in [9.17, 15) is 13.2 Å². The van der Waals surface area contributed by atoms with Crippen molar-refractivity contribution in [1.82, 2.24) is 23.7 Å². The Morgan fingerprint density at radius 1 is 1.02 bits per heavy atom. The second kappa shape index (κ2) is 13.4. The third-order valence-electron chi connectivity index (χ3n) is 7.61. The van der Waals surface area contributed by atoms with Gasteiger partial charge in [0.05, 0.1) is 24.0 Å². The van der Waals surface area contributed by atoms with E-state index in [4.69, 9.17) is 10.7 Å². The Labute approximate surface area is 249 Å². The van der Waals surface area contributed by atoms with Crippen molar-refractivity contribution in [2.24, 2.45) is 11.1 Å². The zero-order valence-electron chi connectivity index (χ0n) is 25.0. The lowest BCUT2D eigenvalue weighted by Crippen LogP contribution is -2.57. The van der Waals surface area contributed by atoms with Crippen molar-refractivity contribution < 1.29 is 17.6 Å². The lowest BCUT2D eigenvalue weighted by molar-refractivity contribution is 0.0615. The number of hydrogen-bond donors (Lipinski definition) is 1. The zero-order chi connectivity index (χ0) is 30.5. The second-order valence-electron chi connectivity index (χ2n) is 11.8. The van der Waals surface area contributed by atoms with Crippen molar-refractivity contribution in [1.29, 1.82) is 0 Å². The molecule has 1 saturated heterocycles. The first kappa shape index (κ1) is 31.7. The van der Waals surface area contributed by atoms with Crippen molar-refractivity contribution in [3.63, 3.8) is 0 Å². The molecule has 0 radical (unpaired) electrons. The normalized spacial score (nSPS) is 16.3. The van der Waals surface area contributed by atoms with Gasteiger partial charge in [0, 0.05) is 51.0 Å². The molecule has 2 heterocycles. The topological polar surface area (TPSA) is 105 Å². The molecule has 0 spiro atoms. The third kappa shape index (κ3) is 7.37. The number of benzene rings is 2. The smallest absolute Gasteiger partial charge is 0.320 e. The number of hydrogen-bond acceptors (Lipinski definition) is 5. The van der Waals surface area contributed by atoms with Crippen molar-refractivity contribution in [2.45, 2.75) is 46.5 Å². The minimum absolute atomic E-state index is 0.00697. The number of nitrogens with two attached hydrogens (primary N) is 1. The molecule has 42 heavy (non-hydrogen) atoms. The van der Waals surface area contributed by atoms with Crippen LogP contribution in [0.15, 0.2) is 66.9 Å². The molecule has 1 fully saturated rings. The minimum Gasteiger partial charge on any atom is -0.328 e. The van der Waals surface area contributed by atoms with Crippen LogP contribution in [-0.2, 0) is 16.6 Å². The molecule has 1 aromatic heterocycles. The maximum absolute atomic E-state index is 15.1. The van der Waals surface area contributed by atoms with Gasteiger partial charge >= 0.3 is 6.03 Å². The largest absolute Gasteiger partial charge is 0.328 e. The van der Waals surface area contributed by atoms with Crippen LogP contribution in [0.1, 0.15) is 45.1 Å². The fourth-order valence-electron chi connectivity index (χ4n) is 5.40. The van der Waals surface area contributed by atoms with E-state index in [0.717, 1.165) is 16.8 Å². The molecule has 4 rings (SSSR count). The second-order valence-corrected chi connectivity index (χ2v) is 14.0. The van der Waals surface area contributed by atoms with Gasteiger partial charge in [-0.3, -0.25) is 0 Å².